The molecule has 3 aliphatic rings. The van der Waals surface area contributed by atoms with Crippen molar-refractivity contribution in [2.24, 2.45) is 5.92 Å². The summed E-state index contributed by atoms with van der Waals surface area (Å²) < 4.78 is 6.75. The average Bonchev–Trinajstić information content (AvgIpc) is 2.51. The Morgan fingerprint density at radius 3 is 2.86 bits per heavy atom. The highest BCUT2D eigenvalue weighted by Gasteiger charge is 2.57. The summed E-state index contributed by atoms with van der Waals surface area (Å²) in [6.45, 7) is 1.33. The lowest BCUT2D eigenvalue weighted by Crippen LogP contribution is -2.66. The van der Waals surface area contributed by atoms with Crippen LogP contribution in [0, 0.1) is 5.92 Å². The summed E-state index contributed by atoms with van der Waals surface area (Å²) in [4.78, 5) is 0. The zero-order valence-electron chi connectivity index (χ0n) is 13.7. The number of benzene rings is 1. The fourth-order valence-electron chi connectivity index (χ4n) is 5.69. The van der Waals surface area contributed by atoms with Crippen LogP contribution in [0.25, 0.3) is 0 Å². The van der Waals surface area contributed by atoms with Crippen LogP contribution >= 0.6 is 0 Å². The third-order valence-corrected chi connectivity index (χ3v) is 6.88. The fraction of sp³-hybridized carbons (Fsp3) is 0.684. The number of quaternary nitrogens is 1. The molecule has 2 fully saturated rings. The first-order valence-corrected chi connectivity index (χ1v) is 8.57. The summed E-state index contributed by atoms with van der Waals surface area (Å²) in [6.07, 6.45) is 8.30. The number of likely N-dealkylation sites (N-methyl/N-ethyl adjacent to an activating group) is 1. The molecule has 0 amide bonds. The van der Waals surface area contributed by atoms with E-state index in [2.05, 4.69) is 32.3 Å². The van der Waals surface area contributed by atoms with Crippen molar-refractivity contribution in [3.05, 3.63) is 29.3 Å². The van der Waals surface area contributed by atoms with Gasteiger partial charge in [0.2, 0.25) is 0 Å². The molecule has 0 aromatic heterocycles. The number of nitrogens with zero attached hydrogens (tertiary/aromatic N) is 1. The van der Waals surface area contributed by atoms with Gasteiger partial charge in [-0.25, -0.2) is 0 Å². The van der Waals surface area contributed by atoms with Crippen molar-refractivity contribution in [2.75, 3.05) is 27.7 Å². The molecule has 1 heterocycles. The number of rotatable bonds is 1. The highest BCUT2D eigenvalue weighted by atomic mass is 16.5. The third kappa shape index (κ3) is 1.81. The van der Waals surface area contributed by atoms with Crippen molar-refractivity contribution in [1.82, 2.24) is 0 Å². The normalized spacial score (nSPS) is 36.5. The lowest BCUT2D eigenvalue weighted by Gasteiger charge is -2.60. The van der Waals surface area contributed by atoms with E-state index in [-0.39, 0.29) is 0 Å². The molecule has 1 saturated carbocycles. The van der Waals surface area contributed by atoms with Crippen LogP contribution in [-0.2, 0) is 11.8 Å². The molecule has 114 valence electrons. The summed E-state index contributed by atoms with van der Waals surface area (Å²) in [5.74, 6) is 1.93. The van der Waals surface area contributed by atoms with Gasteiger partial charge in [-0.1, -0.05) is 18.9 Å². The zero-order chi connectivity index (χ0) is 14.7. The van der Waals surface area contributed by atoms with Crippen LogP contribution in [-0.4, -0.2) is 38.3 Å². The van der Waals surface area contributed by atoms with Gasteiger partial charge in [0.1, 0.15) is 5.75 Å². The number of hydrogen-bond donors (Lipinski definition) is 0. The molecule has 2 heteroatoms. The molecule has 3 atom stereocenters. The Hall–Kier alpha value is -1.02. The molecular formula is C19H28NO+. The van der Waals surface area contributed by atoms with Crippen LogP contribution in [0.5, 0.6) is 5.75 Å². The quantitative estimate of drug-likeness (QED) is 0.718. The van der Waals surface area contributed by atoms with E-state index in [4.69, 9.17) is 4.74 Å². The maximum Gasteiger partial charge on any atom is 0.119 e. The van der Waals surface area contributed by atoms with E-state index in [1.807, 2.05) is 0 Å². The predicted octanol–water partition coefficient (Wildman–Crippen LogP) is 3.53. The Morgan fingerprint density at radius 1 is 1.19 bits per heavy atom. The summed E-state index contributed by atoms with van der Waals surface area (Å²) in [5, 5.41) is 0. The Labute approximate surface area is 128 Å². The highest BCUT2D eigenvalue weighted by molar-refractivity contribution is 5.45. The Bertz CT molecular complexity index is 565. The molecule has 2 bridgehead atoms. The van der Waals surface area contributed by atoms with Crippen molar-refractivity contribution in [2.45, 2.75) is 50.0 Å². The smallest absolute Gasteiger partial charge is 0.119 e. The minimum Gasteiger partial charge on any atom is -0.497 e. The van der Waals surface area contributed by atoms with Crippen molar-refractivity contribution >= 4 is 0 Å². The molecule has 0 radical (unpaired) electrons. The standard InChI is InChI=1S/C19H28NO/c1-20(2)11-10-19-9-5-4-6-16(19)18(20)12-14-7-8-15(21-3)13-17(14)19/h7-8,13,16,18H,4-6,9-12H2,1-3H3/q+1/t16-,18-,19-/m1/s1. The molecule has 0 spiro atoms. The number of piperidine rings is 1. The van der Waals surface area contributed by atoms with Crippen molar-refractivity contribution < 1.29 is 9.22 Å². The second kappa shape index (κ2) is 4.49. The second-order valence-electron chi connectivity index (χ2n) is 8.06. The van der Waals surface area contributed by atoms with Crippen LogP contribution in [0.2, 0.25) is 0 Å². The fourth-order valence-corrected chi connectivity index (χ4v) is 5.69. The zero-order valence-corrected chi connectivity index (χ0v) is 13.7. The van der Waals surface area contributed by atoms with Gasteiger partial charge in [-0.2, -0.15) is 0 Å². The SMILES string of the molecule is COc1ccc2c(c1)[C@@]13CCCC[C@@H]1[C@@H](C2)[N+](C)(C)CC3. The first-order valence-electron chi connectivity index (χ1n) is 8.57. The van der Waals surface area contributed by atoms with Crippen LogP contribution in [0.15, 0.2) is 18.2 Å². The van der Waals surface area contributed by atoms with Crippen molar-refractivity contribution in [3.8, 4) is 5.75 Å². The van der Waals surface area contributed by atoms with Crippen LogP contribution in [0.4, 0.5) is 0 Å². The maximum atomic E-state index is 5.53. The molecule has 1 saturated heterocycles. The van der Waals surface area contributed by atoms with Crippen LogP contribution in [0.3, 0.4) is 0 Å². The number of methoxy groups -OCH3 is 1. The summed E-state index contributed by atoms with van der Waals surface area (Å²) in [5.41, 5.74) is 3.70. The van der Waals surface area contributed by atoms with Gasteiger partial charge < -0.3 is 9.22 Å². The monoisotopic (exact) mass is 286 g/mol. The number of fused-ring (bicyclic) bond motifs is 1. The van der Waals surface area contributed by atoms with E-state index < -0.39 is 0 Å². The number of hydrogen-bond acceptors (Lipinski definition) is 1. The van der Waals surface area contributed by atoms with E-state index in [1.165, 1.54) is 49.6 Å². The summed E-state index contributed by atoms with van der Waals surface area (Å²) in [7, 11) is 6.71. The summed E-state index contributed by atoms with van der Waals surface area (Å²) in [6, 6.07) is 7.70. The van der Waals surface area contributed by atoms with Gasteiger partial charge >= 0.3 is 0 Å². The maximum absolute atomic E-state index is 5.53. The van der Waals surface area contributed by atoms with E-state index in [1.54, 1.807) is 18.2 Å². The third-order valence-electron chi connectivity index (χ3n) is 6.88. The molecule has 0 unspecified atom stereocenters. The molecule has 2 aliphatic carbocycles. The topological polar surface area (TPSA) is 9.23 Å². The van der Waals surface area contributed by atoms with Crippen molar-refractivity contribution in [1.29, 1.82) is 0 Å². The van der Waals surface area contributed by atoms with Gasteiger partial charge in [-0.3, -0.25) is 0 Å². The van der Waals surface area contributed by atoms with Crippen LogP contribution < -0.4 is 4.74 Å². The van der Waals surface area contributed by atoms with Gasteiger partial charge in [0.05, 0.1) is 33.8 Å². The molecule has 0 N–H and O–H groups in total. The minimum atomic E-state index is 0.457. The molecule has 2 nitrogen and oxygen atoms in total. The predicted molar refractivity (Wildman–Crippen MR) is 85.7 cm³/mol. The van der Waals surface area contributed by atoms with Gasteiger partial charge in [0, 0.05) is 24.2 Å². The lowest BCUT2D eigenvalue weighted by molar-refractivity contribution is -0.927. The van der Waals surface area contributed by atoms with Crippen molar-refractivity contribution in [3.63, 3.8) is 0 Å². The number of likely N-dealkylation sites (tertiary alicyclic amines) is 1. The van der Waals surface area contributed by atoms with Gasteiger partial charge in [0.15, 0.2) is 0 Å². The van der Waals surface area contributed by atoms with E-state index in [9.17, 15) is 0 Å². The van der Waals surface area contributed by atoms with E-state index >= 15 is 0 Å². The first-order chi connectivity index (χ1) is 10.1. The molecule has 1 aliphatic heterocycles. The van der Waals surface area contributed by atoms with Crippen LogP contribution in [0.1, 0.15) is 43.2 Å². The second-order valence-corrected chi connectivity index (χ2v) is 8.06. The van der Waals surface area contributed by atoms with E-state index in [0.717, 1.165) is 17.7 Å². The largest absolute Gasteiger partial charge is 0.497 e. The Balaban J connectivity index is 1.89. The van der Waals surface area contributed by atoms with Gasteiger partial charge in [-0.05, 0) is 36.1 Å². The lowest BCUT2D eigenvalue weighted by atomic mass is 9.52. The molecule has 21 heavy (non-hydrogen) atoms. The Kier molecular flexibility index (Phi) is 2.91. The molecular weight excluding hydrogens is 258 g/mol. The Morgan fingerprint density at radius 2 is 2.05 bits per heavy atom. The molecule has 1 aromatic rings. The molecule has 1 aromatic carbocycles. The average molecular weight is 286 g/mol. The minimum absolute atomic E-state index is 0.457. The van der Waals surface area contributed by atoms with Gasteiger partial charge in [0.25, 0.3) is 0 Å². The van der Waals surface area contributed by atoms with E-state index in [0.29, 0.717) is 5.41 Å². The number of ether oxygens (including phenoxy) is 1. The first kappa shape index (κ1) is 13.6. The van der Waals surface area contributed by atoms with Gasteiger partial charge in [-0.15, -0.1) is 0 Å². The molecule has 4 rings (SSSR count). The summed E-state index contributed by atoms with van der Waals surface area (Å²) >= 11 is 0. The highest BCUT2D eigenvalue weighted by Crippen LogP contribution is 2.57.